The van der Waals surface area contributed by atoms with Crippen LogP contribution in [0.2, 0.25) is 0 Å². The maximum absolute atomic E-state index is 12.3. The van der Waals surface area contributed by atoms with Crippen LogP contribution in [0.5, 0.6) is 11.5 Å². The minimum Gasteiger partial charge on any atom is -0.493 e. The zero-order valence-electron chi connectivity index (χ0n) is 14.0. The molecule has 0 spiro atoms. The Morgan fingerprint density at radius 3 is 2.58 bits per heavy atom. The first-order valence-corrected chi connectivity index (χ1v) is 7.54. The normalized spacial score (nSPS) is 10.4. The summed E-state index contributed by atoms with van der Waals surface area (Å²) < 4.78 is 33.8. The number of carbonyl (C=O) groups is 2. The second-order valence-electron chi connectivity index (χ2n) is 5.10. The van der Waals surface area contributed by atoms with Gasteiger partial charge in [0.25, 0.3) is 5.91 Å². The van der Waals surface area contributed by atoms with E-state index in [9.17, 15) is 18.4 Å². The van der Waals surface area contributed by atoms with Crippen molar-refractivity contribution in [3.8, 4) is 11.5 Å². The minimum atomic E-state index is -2.99. The number of unbranched alkanes of at least 4 members (excludes halogenated alkanes) is 1. The van der Waals surface area contributed by atoms with Crippen LogP contribution in [-0.4, -0.2) is 50.6 Å². The predicted octanol–water partition coefficient (Wildman–Crippen LogP) is 2.28. The second-order valence-corrected chi connectivity index (χ2v) is 5.10. The number of alkyl halides is 2. The average molecular weight is 344 g/mol. The molecule has 0 unspecified atom stereocenters. The summed E-state index contributed by atoms with van der Waals surface area (Å²) in [5.41, 5.74) is 0.178. The topological polar surface area (TPSA) is 67.9 Å². The van der Waals surface area contributed by atoms with Crippen LogP contribution in [0.3, 0.4) is 0 Å². The van der Waals surface area contributed by atoms with Gasteiger partial charge >= 0.3 is 6.61 Å². The van der Waals surface area contributed by atoms with Crippen molar-refractivity contribution in [1.82, 2.24) is 10.2 Å². The van der Waals surface area contributed by atoms with Crippen molar-refractivity contribution in [2.45, 2.75) is 26.4 Å². The third kappa shape index (κ3) is 6.02. The van der Waals surface area contributed by atoms with Crippen molar-refractivity contribution in [3.63, 3.8) is 0 Å². The summed E-state index contributed by atoms with van der Waals surface area (Å²) >= 11 is 0. The zero-order chi connectivity index (χ0) is 18.1. The molecule has 0 radical (unpaired) electrons. The number of hydrogen-bond acceptors (Lipinski definition) is 4. The standard InChI is InChI=1S/C16H22F2N2O4/c1-4-5-8-20(2)14(21)10-19-15(22)11-6-7-12(24-16(17)18)13(9-11)23-3/h6-7,9,16H,4-5,8,10H2,1-3H3,(H,19,22). The van der Waals surface area contributed by atoms with Crippen LogP contribution in [0.25, 0.3) is 0 Å². The fourth-order valence-electron chi connectivity index (χ4n) is 1.92. The molecule has 1 rings (SSSR count). The highest BCUT2D eigenvalue weighted by molar-refractivity contribution is 5.97. The van der Waals surface area contributed by atoms with Gasteiger partial charge in [-0.3, -0.25) is 9.59 Å². The highest BCUT2D eigenvalue weighted by atomic mass is 19.3. The van der Waals surface area contributed by atoms with E-state index in [0.717, 1.165) is 12.8 Å². The first-order valence-electron chi connectivity index (χ1n) is 7.54. The number of nitrogens with one attached hydrogen (secondary N) is 1. The first-order chi connectivity index (χ1) is 11.4. The van der Waals surface area contributed by atoms with E-state index in [0.29, 0.717) is 6.54 Å². The van der Waals surface area contributed by atoms with Crippen LogP contribution < -0.4 is 14.8 Å². The molecule has 0 atom stereocenters. The quantitative estimate of drug-likeness (QED) is 0.746. The zero-order valence-corrected chi connectivity index (χ0v) is 14.0. The number of carbonyl (C=O) groups excluding carboxylic acids is 2. The molecular weight excluding hydrogens is 322 g/mol. The van der Waals surface area contributed by atoms with Gasteiger partial charge in [0.15, 0.2) is 11.5 Å². The number of methoxy groups -OCH3 is 1. The lowest BCUT2D eigenvalue weighted by Gasteiger charge is -2.17. The molecule has 8 heteroatoms. The Kier molecular flexibility index (Phi) is 7.94. The Morgan fingerprint density at radius 2 is 2.00 bits per heavy atom. The molecule has 0 fully saturated rings. The van der Waals surface area contributed by atoms with Crippen molar-refractivity contribution in [1.29, 1.82) is 0 Å². The Bertz CT molecular complexity index is 567. The number of amides is 2. The number of halogens is 2. The van der Waals surface area contributed by atoms with E-state index in [1.54, 1.807) is 11.9 Å². The fourth-order valence-corrected chi connectivity index (χ4v) is 1.92. The second kappa shape index (κ2) is 9.69. The van der Waals surface area contributed by atoms with Gasteiger partial charge in [0, 0.05) is 19.2 Å². The Balaban J connectivity index is 2.66. The van der Waals surface area contributed by atoms with E-state index in [1.807, 2.05) is 6.92 Å². The molecule has 0 heterocycles. The van der Waals surface area contributed by atoms with Gasteiger partial charge in [0.2, 0.25) is 5.91 Å². The van der Waals surface area contributed by atoms with Crippen molar-refractivity contribution < 1.29 is 27.8 Å². The van der Waals surface area contributed by atoms with Crippen molar-refractivity contribution in [3.05, 3.63) is 23.8 Å². The van der Waals surface area contributed by atoms with Crippen LogP contribution in [0.1, 0.15) is 30.1 Å². The molecule has 1 aromatic rings. The summed E-state index contributed by atoms with van der Waals surface area (Å²) in [5.74, 6) is -0.871. The molecule has 1 aromatic carbocycles. The molecule has 0 aliphatic heterocycles. The SMILES string of the molecule is CCCCN(C)C(=O)CNC(=O)c1ccc(OC(F)F)c(OC)c1. The lowest BCUT2D eigenvalue weighted by molar-refractivity contribution is -0.128. The summed E-state index contributed by atoms with van der Waals surface area (Å²) in [5, 5.41) is 2.49. The van der Waals surface area contributed by atoms with Crippen LogP contribution in [0.4, 0.5) is 8.78 Å². The monoisotopic (exact) mass is 344 g/mol. The molecule has 0 aromatic heterocycles. The van der Waals surface area contributed by atoms with Crippen LogP contribution in [0, 0.1) is 0 Å². The molecule has 2 amide bonds. The maximum atomic E-state index is 12.3. The molecule has 0 aliphatic rings. The Morgan fingerprint density at radius 1 is 1.29 bits per heavy atom. The largest absolute Gasteiger partial charge is 0.493 e. The van der Waals surface area contributed by atoms with Crippen molar-refractivity contribution in [2.75, 3.05) is 27.2 Å². The summed E-state index contributed by atoms with van der Waals surface area (Å²) in [7, 11) is 2.95. The average Bonchev–Trinajstić information content (AvgIpc) is 2.56. The van der Waals surface area contributed by atoms with Crippen LogP contribution in [0.15, 0.2) is 18.2 Å². The van der Waals surface area contributed by atoms with Gasteiger partial charge in [0.1, 0.15) is 0 Å². The van der Waals surface area contributed by atoms with E-state index in [4.69, 9.17) is 4.74 Å². The molecule has 0 bridgehead atoms. The van der Waals surface area contributed by atoms with Crippen LogP contribution in [-0.2, 0) is 4.79 Å². The number of ether oxygens (including phenoxy) is 2. The number of likely N-dealkylation sites (N-methyl/N-ethyl adjacent to an activating group) is 1. The van der Waals surface area contributed by atoms with Gasteiger partial charge in [-0.2, -0.15) is 8.78 Å². The Labute approximate surface area is 139 Å². The summed E-state index contributed by atoms with van der Waals surface area (Å²) in [6.07, 6.45) is 1.86. The highest BCUT2D eigenvalue weighted by Gasteiger charge is 2.15. The number of nitrogens with zero attached hydrogens (tertiary/aromatic N) is 1. The molecule has 0 saturated heterocycles. The molecule has 0 saturated carbocycles. The van der Waals surface area contributed by atoms with Gasteiger partial charge in [-0.05, 0) is 24.6 Å². The molecule has 24 heavy (non-hydrogen) atoms. The molecule has 1 N–H and O–H groups in total. The minimum absolute atomic E-state index is 0.00865. The molecule has 0 aliphatic carbocycles. The fraction of sp³-hybridized carbons (Fsp3) is 0.500. The lowest BCUT2D eigenvalue weighted by atomic mass is 10.2. The smallest absolute Gasteiger partial charge is 0.387 e. The molecule has 134 valence electrons. The number of hydrogen-bond donors (Lipinski definition) is 1. The van der Waals surface area contributed by atoms with E-state index < -0.39 is 12.5 Å². The third-order valence-electron chi connectivity index (χ3n) is 3.31. The van der Waals surface area contributed by atoms with Gasteiger partial charge in [-0.25, -0.2) is 0 Å². The third-order valence-corrected chi connectivity index (χ3v) is 3.31. The van der Waals surface area contributed by atoms with Gasteiger partial charge in [0.05, 0.1) is 13.7 Å². The number of rotatable bonds is 9. The summed E-state index contributed by atoms with van der Waals surface area (Å²) in [6.45, 7) is -0.487. The summed E-state index contributed by atoms with van der Waals surface area (Å²) in [4.78, 5) is 25.5. The van der Waals surface area contributed by atoms with E-state index >= 15 is 0 Å². The predicted molar refractivity (Wildman–Crippen MR) is 84.5 cm³/mol. The van der Waals surface area contributed by atoms with Gasteiger partial charge in [-0.15, -0.1) is 0 Å². The van der Waals surface area contributed by atoms with Gasteiger partial charge < -0.3 is 19.7 Å². The molecule has 6 nitrogen and oxygen atoms in total. The van der Waals surface area contributed by atoms with Gasteiger partial charge in [-0.1, -0.05) is 13.3 Å². The van der Waals surface area contributed by atoms with Crippen molar-refractivity contribution in [2.24, 2.45) is 0 Å². The van der Waals surface area contributed by atoms with E-state index in [-0.39, 0.29) is 29.5 Å². The maximum Gasteiger partial charge on any atom is 0.387 e. The summed E-state index contributed by atoms with van der Waals surface area (Å²) in [6, 6.07) is 3.81. The first kappa shape index (κ1) is 19.7. The van der Waals surface area contributed by atoms with Crippen LogP contribution >= 0.6 is 0 Å². The number of benzene rings is 1. The Hall–Kier alpha value is -2.38. The van der Waals surface area contributed by atoms with E-state index in [1.165, 1.54) is 25.3 Å². The highest BCUT2D eigenvalue weighted by Crippen LogP contribution is 2.29. The molecular formula is C16H22F2N2O4. The lowest BCUT2D eigenvalue weighted by Crippen LogP contribution is -2.38. The van der Waals surface area contributed by atoms with Crippen molar-refractivity contribution >= 4 is 11.8 Å². The van der Waals surface area contributed by atoms with E-state index in [2.05, 4.69) is 10.1 Å².